The highest BCUT2D eigenvalue weighted by atomic mass is 32.2. The number of nitrogens with two attached hydrogens (primary N) is 1. The van der Waals surface area contributed by atoms with Crippen molar-refractivity contribution in [3.63, 3.8) is 0 Å². The second-order valence-corrected chi connectivity index (χ2v) is 7.09. The predicted molar refractivity (Wildman–Crippen MR) is 80.3 cm³/mol. The van der Waals surface area contributed by atoms with Crippen LogP contribution in [0.3, 0.4) is 0 Å². The number of piperidine rings is 1. The molecule has 0 radical (unpaired) electrons. The first-order valence-electron chi connectivity index (χ1n) is 7.04. The van der Waals surface area contributed by atoms with Crippen molar-refractivity contribution in [2.75, 3.05) is 20.1 Å². The molecule has 0 atom stereocenters. The molecule has 0 spiro atoms. The molecule has 1 aliphatic rings. The Bertz CT molecular complexity index is 642. The van der Waals surface area contributed by atoms with Crippen molar-refractivity contribution in [2.24, 2.45) is 11.1 Å². The van der Waals surface area contributed by atoms with E-state index < -0.39 is 10.2 Å². The molecule has 2 N–H and O–H groups in total. The van der Waals surface area contributed by atoms with Crippen molar-refractivity contribution in [1.82, 2.24) is 9.21 Å². The van der Waals surface area contributed by atoms with Gasteiger partial charge in [0.1, 0.15) is 5.82 Å². The molecule has 1 fully saturated rings. The van der Waals surface area contributed by atoms with Gasteiger partial charge in [0.15, 0.2) is 0 Å². The van der Waals surface area contributed by atoms with Crippen molar-refractivity contribution in [3.05, 3.63) is 35.6 Å². The number of hydrogen-bond acceptors (Lipinski definition) is 3. The third-order valence-corrected chi connectivity index (χ3v) is 4.93. The maximum absolute atomic E-state index is 13.2. The lowest BCUT2D eigenvalue weighted by Crippen LogP contribution is -2.45. The molecule has 2 rings (SSSR count). The van der Waals surface area contributed by atoms with Crippen LogP contribution in [0.5, 0.6) is 0 Å². The minimum absolute atomic E-state index is 0.0571. The van der Waals surface area contributed by atoms with Crippen LogP contribution in [0.4, 0.5) is 4.39 Å². The molecule has 122 valence electrons. The standard InChI is InChI=1S/C14H20FN3O3S/c1-17(10-11-3-2-4-13(15)9-11)14(19)12-5-7-18(8-6-12)22(16,20)21/h2-4,9,12H,5-8,10H2,1H3,(H2,16,20,21). The predicted octanol–water partition coefficient (Wildman–Crippen LogP) is 0.700. The summed E-state index contributed by atoms with van der Waals surface area (Å²) in [5.74, 6) is -0.616. The number of halogens is 1. The maximum Gasteiger partial charge on any atom is 0.276 e. The second kappa shape index (κ2) is 6.72. The number of carbonyl (C=O) groups is 1. The third kappa shape index (κ3) is 4.25. The number of nitrogens with zero attached hydrogens (tertiary/aromatic N) is 2. The Labute approximate surface area is 129 Å². The lowest BCUT2D eigenvalue weighted by molar-refractivity contribution is -0.135. The molecule has 0 bridgehead atoms. The molecule has 0 aliphatic carbocycles. The Kier molecular flexibility index (Phi) is 5.15. The fraction of sp³-hybridized carbons (Fsp3) is 0.500. The molecular weight excluding hydrogens is 309 g/mol. The van der Waals surface area contributed by atoms with E-state index in [-0.39, 0.29) is 30.7 Å². The summed E-state index contributed by atoms with van der Waals surface area (Å²) in [7, 11) is -2.02. The number of rotatable bonds is 4. The molecule has 1 heterocycles. The molecule has 22 heavy (non-hydrogen) atoms. The zero-order chi connectivity index (χ0) is 16.3. The van der Waals surface area contributed by atoms with Crippen LogP contribution in [0.25, 0.3) is 0 Å². The van der Waals surface area contributed by atoms with E-state index in [4.69, 9.17) is 5.14 Å². The molecule has 1 saturated heterocycles. The average Bonchev–Trinajstić information content (AvgIpc) is 2.45. The third-order valence-electron chi connectivity index (χ3n) is 3.85. The highest BCUT2D eigenvalue weighted by Crippen LogP contribution is 2.21. The van der Waals surface area contributed by atoms with Gasteiger partial charge in [0.25, 0.3) is 10.2 Å². The summed E-state index contributed by atoms with van der Waals surface area (Å²) in [4.78, 5) is 13.9. The minimum atomic E-state index is -3.68. The number of hydrogen-bond donors (Lipinski definition) is 1. The lowest BCUT2D eigenvalue weighted by Gasteiger charge is -2.31. The lowest BCUT2D eigenvalue weighted by atomic mass is 9.96. The summed E-state index contributed by atoms with van der Waals surface area (Å²) in [6, 6.07) is 6.12. The molecule has 0 saturated carbocycles. The van der Waals surface area contributed by atoms with Gasteiger partial charge in [0.05, 0.1) is 0 Å². The van der Waals surface area contributed by atoms with Crippen LogP contribution in [0.15, 0.2) is 24.3 Å². The highest BCUT2D eigenvalue weighted by molar-refractivity contribution is 7.86. The molecule has 1 amide bonds. The molecule has 8 heteroatoms. The molecule has 1 aliphatic heterocycles. The van der Waals surface area contributed by atoms with Crippen LogP contribution in [0, 0.1) is 11.7 Å². The van der Waals surface area contributed by atoms with Gasteiger partial charge in [0.2, 0.25) is 5.91 Å². The van der Waals surface area contributed by atoms with Crippen LogP contribution in [-0.4, -0.2) is 43.7 Å². The van der Waals surface area contributed by atoms with Crippen molar-refractivity contribution in [3.8, 4) is 0 Å². The SMILES string of the molecule is CN(Cc1cccc(F)c1)C(=O)C1CCN(S(N)(=O)=O)CC1. The largest absolute Gasteiger partial charge is 0.341 e. The first kappa shape index (κ1) is 16.9. The first-order valence-corrected chi connectivity index (χ1v) is 8.55. The van der Waals surface area contributed by atoms with Crippen LogP contribution in [-0.2, 0) is 21.5 Å². The molecular formula is C14H20FN3O3S. The zero-order valence-corrected chi connectivity index (χ0v) is 13.2. The van der Waals surface area contributed by atoms with E-state index in [1.807, 2.05) is 0 Å². The monoisotopic (exact) mass is 329 g/mol. The van der Waals surface area contributed by atoms with E-state index >= 15 is 0 Å². The molecule has 1 aromatic rings. The summed E-state index contributed by atoms with van der Waals surface area (Å²) >= 11 is 0. The highest BCUT2D eigenvalue weighted by Gasteiger charge is 2.30. The second-order valence-electron chi connectivity index (χ2n) is 5.54. The van der Waals surface area contributed by atoms with E-state index in [0.717, 1.165) is 5.56 Å². The van der Waals surface area contributed by atoms with Gasteiger partial charge >= 0.3 is 0 Å². The topological polar surface area (TPSA) is 83.7 Å². The minimum Gasteiger partial charge on any atom is -0.341 e. The van der Waals surface area contributed by atoms with E-state index in [2.05, 4.69) is 0 Å². The number of amides is 1. The van der Waals surface area contributed by atoms with Crippen molar-refractivity contribution < 1.29 is 17.6 Å². The smallest absolute Gasteiger partial charge is 0.276 e. The van der Waals surface area contributed by atoms with Gasteiger partial charge in [-0.15, -0.1) is 0 Å². The van der Waals surface area contributed by atoms with Gasteiger partial charge in [-0.05, 0) is 30.5 Å². The number of benzene rings is 1. The first-order chi connectivity index (χ1) is 10.3. The average molecular weight is 329 g/mol. The zero-order valence-electron chi connectivity index (χ0n) is 12.4. The quantitative estimate of drug-likeness (QED) is 0.882. The van der Waals surface area contributed by atoms with Crippen LogP contribution in [0.1, 0.15) is 18.4 Å². The summed E-state index contributed by atoms with van der Waals surface area (Å²) in [6.45, 7) is 0.831. The van der Waals surface area contributed by atoms with Gasteiger partial charge in [-0.1, -0.05) is 12.1 Å². The van der Waals surface area contributed by atoms with Gasteiger partial charge < -0.3 is 4.90 Å². The summed E-state index contributed by atoms with van der Waals surface area (Å²) in [6.07, 6.45) is 0.894. The molecule has 1 aromatic carbocycles. The van der Waals surface area contributed by atoms with Gasteiger partial charge in [-0.25, -0.2) is 9.53 Å². The van der Waals surface area contributed by atoms with Crippen LogP contribution >= 0.6 is 0 Å². The van der Waals surface area contributed by atoms with E-state index in [0.29, 0.717) is 19.4 Å². The van der Waals surface area contributed by atoms with Crippen molar-refractivity contribution in [2.45, 2.75) is 19.4 Å². The Hall–Kier alpha value is -1.51. The van der Waals surface area contributed by atoms with Crippen LogP contribution < -0.4 is 5.14 Å². The molecule has 6 nitrogen and oxygen atoms in total. The van der Waals surface area contributed by atoms with Gasteiger partial charge in [-0.3, -0.25) is 4.79 Å². The Morgan fingerprint density at radius 1 is 1.41 bits per heavy atom. The maximum atomic E-state index is 13.2. The molecule has 0 aromatic heterocycles. The Morgan fingerprint density at radius 2 is 2.05 bits per heavy atom. The van der Waals surface area contributed by atoms with Crippen molar-refractivity contribution in [1.29, 1.82) is 0 Å². The number of carbonyl (C=O) groups excluding carboxylic acids is 1. The van der Waals surface area contributed by atoms with Gasteiger partial charge in [0, 0.05) is 32.6 Å². The Morgan fingerprint density at radius 3 is 2.59 bits per heavy atom. The van der Waals surface area contributed by atoms with Crippen molar-refractivity contribution >= 4 is 16.1 Å². The van der Waals surface area contributed by atoms with E-state index in [9.17, 15) is 17.6 Å². The van der Waals surface area contributed by atoms with Gasteiger partial charge in [-0.2, -0.15) is 12.7 Å². The fourth-order valence-corrected chi connectivity index (χ4v) is 3.38. The van der Waals surface area contributed by atoms with E-state index in [1.165, 1.54) is 16.4 Å². The normalized spacial score (nSPS) is 17.4. The fourth-order valence-electron chi connectivity index (χ4n) is 2.66. The summed E-state index contributed by atoms with van der Waals surface area (Å²) in [5.41, 5.74) is 0.720. The van der Waals surface area contributed by atoms with E-state index in [1.54, 1.807) is 24.1 Å². The molecule has 0 unspecified atom stereocenters. The summed E-state index contributed by atoms with van der Waals surface area (Å²) in [5, 5.41) is 5.08. The Balaban J connectivity index is 1.92. The summed E-state index contributed by atoms with van der Waals surface area (Å²) < 4.78 is 36.8. The van der Waals surface area contributed by atoms with Crippen LogP contribution in [0.2, 0.25) is 0 Å².